The van der Waals surface area contributed by atoms with E-state index in [1.54, 1.807) is 0 Å². The molecule has 4 heteroatoms. The van der Waals surface area contributed by atoms with Crippen LogP contribution in [0, 0.1) is 0 Å². The van der Waals surface area contributed by atoms with Crippen LogP contribution in [-0.4, -0.2) is 36.1 Å². The van der Waals surface area contributed by atoms with Crippen LogP contribution in [0.4, 0.5) is 11.5 Å². The van der Waals surface area contributed by atoms with Crippen LogP contribution in [0.3, 0.4) is 0 Å². The van der Waals surface area contributed by atoms with Crippen molar-refractivity contribution in [2.75, 3.05) is 36.8 Å². The van der Waals surface area contributed by atoms with Crippen LogP contribution in [0.15, 0.2) is 48.7 Å². The van der Waals surface area contributed by atoms with Crippen LogP contribution in [-0.2, 0) is 6.54 Å². The van der Waals surface area contributed by atoms with E-state index in [2.05, 4.69) is 45.1 Å². The molecule has 20 heavy (non-hydrogen) atoms. The molecule has 0 aliphatic carbocycles. The first-order valence-electron chi connectivity index (χ1n) is 7.04. The molecule has 0 unspecified atom stereocenters. The molecule has 0 spiro atoms. The average molecular weight is 268 g/mol. The fourth-order valence-corrected chi connectivity index (χ4v) is 2.63. The van der Waals surface area contributed by atoms with E-state index in [0.717, 1.165) is 44.2 Å². The lowest BCUT2D eigenvalue weighted by Gasteiger charge is -2.35. The smallest absolute Gasteiger partial charge is 0.151 e. The minimum Gasteiger partial charge on any atom is -0.396 e. The molecule has 2 aromatic rings. The summed E-state index contributed by atoms with van der Waals surface area (Å²) < 4.78 is 0. The molecule has 0 bridgehead atoms. The quantitative estimate of drug-likeness (QED) is 0.924. The van der Waals surface area contributed by atoms with E-state index in [1.807, 2.05) is 18.3 Å². The summed E-state index contributed by atoms with van der Waals surface area (Å²) in [6, 6.07) is 14.4. The van der Waals surface area contributed by atoms with Gasteiger partial charge in [-0.25, -0.2) is 4.98 Å². The Bertz CT molecular complexity index is 547. The van der Waals surface area contributed by atoms with Gasteiger partial charge in [-0.1, -0.05) is 30.3 Å². The molecule has 2 heterocycles. The third-order valence-electron chi connectivity index (χ3n) is 3.74. The molecule has 1 aromatic heterocycles. The average Bonchev–Trinajstić information content (AvgIpc) is 2.50. The Morgan fingerprint density at radius 1 is 0.950 bits per heavy atom. The molecule has 2 N–H and O–H groups in total. The maximum atomic E-state index is 5.99. The number of piperazine rings is 1. The maximum Gasteiger partial charge on any atom is 0.151 e. The summed E-state index contributed by atoms with van der Waals surface area (Å²) in [5, 5.41) is 0. The van der Waals surface area contributed by atoms with Crippen molar-refractivity contribution in [2.24, 2.45) is 0 Å². The van der Waals surface area contributed by atoms with Gasteiger partial charge in [0.15, 0.2) is 5.82 Å². The Hall–Kier alpha value is -2.07. The second kappa shape index (κ2) is 5.92. The molecular weight excluding hydrogens is 248 g/mol. The second-order valence-electron chi connectivity index (χ2n) is 5.17. The summed E-state index contributed by atoms with van der Waals surface area (Å²) in [5.41, 5.74) is 8.13. The van der Waals surface area contributed by atoms with Gasteiger partial charge in [-0.15, -0.1) is 0 Å². The molecule has 1 aliphatic rings. The highest BCUT2D eigenvalue weighted by Crippen LogP contribution is 2.20. The summed E-state index contributed by atoms with van der Waals surface area (Å²) in [6.07, 6.45) is 1.81. The number of nitrogens with zero attached hydrogens (tertiary/aromatic N) is 3. The van der Waals surface area contributed by atoms with Gasteiger partial charge in [0.25, 0.3) is 0 Å². The van der Waals surface area contributed by atoms with Gasteiger partial charge in [-0.2, -0.15) is 0 Å². The summed E-state index contributed by atoms with van der Waals surface area (Å²) in [7, 11) is 0. The van der Waals surface area contributed by atoms with Crippen molar-refractivity contribution in [1.82, 2.24) is 9.88 Å². The number of rotatable bonds is 3. The van der Waals surface area contributed by atoms with Crippen molar-refractivity contribution in [2.45, 2.75) is 6.54 Å². The summed E-state index contributed by atoms with van der Waals surface area (Å²) in [6.45, 7) is 5.07. The van der Waals surface area contributed by atoms with Crippen LogP contribution in [0.5, 0.6) is 0 Å². The zero-order valence-corrected chi connectivity index (χ0v) is 11.6. The number of aromatic nitrogens is 1. The first-order valence-corrected chi connectivity index (χ1v) is 7.04. The van der Waals surface area contributed by atoms with Gasteiger partial charge in [0.05, 0.1) is 5.69 Å². The third kappa shape index (κ3) is 2.91. The van der Waals surface area contributed by atoms with Crippen LogP contribution in [0.1, 0.15) is 5.56 Å². The largest absolute Gasteiger partial charge is 0.396 e. The van der Waals surface area contributed by atoms with Gasteiger partial charge in [-0.05, 0) is 17.7 Å². The van der Waals surface area contributed by atoms with Crippen LogP contribution < -0.4 is 10.6 Å². The first kappa shape index (κ1) is 12.9. The zero-order chi connectivity index (χ0) is 13.8. The Morgan fingerprint density at radius 2 is 1.70 bits per heavy atom. The minimum atomic E-state index is 0.768. The lowest BCUT2D eigenvalue weighted by molar-refractivity contribution is 0.249. The normalized spacial score (nSPS) is 16.3. The molecule has 0 saturated carbocycles. The minimum absolute atomic E-state index is 0.768. The fourth-order valence-electron chi connectivity index (χ4n) is 2.63. The predicted octanol–water partition coefficient (Wildman–Crippen LogP) is 1.99. The lowest BCUT2D eigenvalue weighted by atomic mass is 10.2. The second-order valence-corrected chi connectivity index (χ2v) is 5.17. The first-order chi connectivity index (χ1) is 9.83. The number of pyridine rings is 1. The molecule has 104 valence electrons. The van der Waals surface area contributed by atoms with Gasteiger partial charge in [0.2, 0.25) is 0 Å². The fraction of sp³-hybridized carbons (Fsp3) is 0.312. The molecule has 1 aromatic carbocycles. The lowest BCUT2D eigenvalue weighted by Crippen LogP contribution is -2.46. The van der Waals surface area contributed by atoms with Crippen molar-refractivity contribution in [3.63, 3.8) is 0 Å². The molecule has 1 aliphatic heterocycles. The molecule has 0 radical (unpaired) electrons. The maximum absolute atomic E-state index is 5.99. The standard InChI is InChI=1S/C16H20N4/c17-15-7-4-8-18-16(15)20-11-9-19(10-12-20)13-14-5-2-1-3-6-14/h1-8H,9-13,17H2. The Kier molecular flexibility index (Phi) is 3.83. The van der Waals surface area contributed by atoms with Crippen molar-refractivity contribution in [3.05, 3.63) is 54.2 Å². The number of nitrogens with two attached hydrogens (primary N) is 1. The van der Waals surface area contributed by atoms with Crippen molar-refractivity contribution >= 4 is 11.5 Å². The highest BCUT2D eigenvalue weighted by atomic mass is 15.3. The summed E-state index contributed by atoms with van der Waals surface area (Å²) in [5.74, 6) is 0.923. The Labute approximate surface area is 119 Å². The van der Waals surface area contributed by atoms with Gasteiger partial charge in [-0.3, -0.25) is 4.90 Å². The Morgan fingerprint density at radius 3 is 2.40 bits per heavy atom. The molecule has 3 rings (SSSR count). The van der Waals surface area contributed by atoms with E-state index < -0.39 is 0 Å². The number of hydrogen-bond donors (Lipinski definition) is 1. The number of hydrogen-bond acceptors (Lipinski definition) is 4. The summed E-state index contributed by atoms with van der Waals surface area (Å²) in [4.78, 5) is 9.15. The number of nitrogen functional groups attached to an aromatic ring is 1. The number of anilines is 2. The number of benzene rings is 1. The van der Waals surface area contributed by atoms with E-state index in [-0.39, 0.29) is 0 Å². The molecule has 0 amide bonds. The van der Waals surface area contributed by atoms with Gasteiger partial charge in [0, 0.05) is 38.9 Å². The third-order valence-corrected chi connectivity index (χ3v) is 3.74. The van der Waals surface area contributed by atoms with Crippen molar-refractivity contribution < 1.29 is 0 Å². The van der Waals surface area contributed by atoms with Gasteiger partial charge < -0.3 is 10.6 Å². The van der Waals surface area contributed by atoms with E-state index in [1.165, 1.54) is 5.56 Å². The van der Waals surface area contributed by atoms with Crippen molar-refractivity contribution in [1.29, 1.82) is 0 Å². The molecule has 1 fully saturated rings. The predicted molar refractivity (Wildman–Crippen MR) is 82.6 cm³/mol. The van der Waals surface area contributed by atoms with Crippen LogP contribution in [0.25, 0.3) is 0 Å². The molecule has 4 nitrogen and oxygen atoms in total. The SMILES string of the molecule is Nc1cccnc1N1CCN(Cc2ccccc2)CC1. The van der Waals surface area contributed by atoms with Gasteiger partial charge >= 0.3 is 0 Å². The van der Waals surface area contributed by atoms with Gasteiger partial charge in [0.1, 0.15) is 0 Å². The highest BCUT2D eigenvalue weighted by Gasteiger charge is 2.19. The van der Waals surface area contributed by atoms with Crippen molar-refractivity contribution in [3.8, 4) is 0 Å². The van der Waals surface area contributed by atoms with E-state index >= 15 is 0 Å². The van der Waals surface area contributed by atoms with Crippen LogP contribution >= 0.6 is 0 Å². The molecular formula is C16H20N4. The zero-order valence-electron chi connectivity index (χ0n) is 11.6. The topological polar surface area (TPSA) is 45.4 Å². The Balaban J connectivity index is 1.59. The monoisotopic (exact) mass is 268 g/mol. The van der Waals surface area contributed by atoms with E-state index in [4.69, 9.17) is 5.73 Å². The van der Waals surface area contributed by atoms with E-state index in [9.17, 15) is 0 Å². The highest BCUT2D eigenvalue weighted by molar-refractivity contribution is 5.62. The van der Waals surface area contributed by atoms with E-state index in [0.29, 0.717) is 0 Å². The molecule has 0 atom stereocenters. The summed E-state index contributed by atoms with van der Waals surface area (Å²) >= 11 is 0. The van der Waals surface area contributed by atoms with Crippen LogP contribution in [0.2, 0.25) is 0 Å². The molecule has 1 saturated heterocycles.